The van der Waals surface area contributed by atoms with Crippen molar-refractivity contribution in [3.05, 3.63) is 73.7 Å². The zero-order valence-electron chi connectivity index (χ0n) is 27.1. The first-order chi connectivity index (χ1) is 22.2. The summed E-state index contributed by atoms with van der Waals surface area (Å²) in [4.78, 5) is 39.3. The molecule has 4 rings (SSSR count). The van der Waals surface area contributed by atoms with E-state index < -0.39 is 34.1 Å². The number of aliphatic hydroxyl groups is 1. The number of urea groups is 1. The van der Waals surface area contributed by atoms with Gasteiger partial charge in [-0.25, -0.2) is 23.2 Å². The van der Waals surface area contributed by atoms with Crippen LogP contribution in [0.2, 0.25) is 5.02 Å². The van der Waals surface area contributed by atoms with Gasteiger partial charge in [0.2, 0.25) is 5.91 Å². The summed E-state index contributed by atoms with van der Waals surface area (Å²) >= 11 is 10.9. The van der Waals surface area contributed by atoms with Crippen molar-refractivity contribution < 1.29 is 23.1 Å². The number of amides is 3. The largest absolute Gasteiger partial charge is 0.390 e. The number of aliphatic hydroxyl groups excluding tert-OH is 1. The van der Waals surface area contributed by atoms with Crippen LogP contribution < -0.4 is 5.32 Å². The van der Waals surface area contributed by atoms with Gasteiger partial charge in [-0.05, 0) is 52.7 Å². The number of pyridine rings is 1. The number of aromatic nitrogens is 2. The minimum Gasteiger partial charge on any atom is -0.390 e. The zero-order chi connectivity index (χ0) is 34.5. The molecule has 1 aliphatic rings. The van der Waals surface area contributed by atoms with E-state index >= 15 is 0 Å². The van der Waals surface area contributed by atoms with Gasteiger partial charge in [0, 0.05) is 42.2 Å². The van der Waals surface area contributed by atoms with E-state index in [1.165, 1.54) is 27.9 Å². The summed E-state index contributed by atoms with van der Waals surface area (Å²) in [5.41, 5.74) is 1.66. The number of benzene rings is 1. The highest BCUT2D eigenvalue weighted by molar-refractivity contribution is 9.10. The molecule has 0 unspecified atom stereocenters. The minimum absolute atomic E-state index is 0.0717. The fourth-order valence-electron chi connectivity index (χ4n) is 5.59. The first kappa shape index (κ1) is 37.2. The second-order valence-corrected chi connectivity index (χ2v) is 16.7. The Hall–Kier alpha value is -2.62. The quantitative estimate of drug-likeness (QED) is 0.223. The SMILES string of the molecule is Cc1nc(CN2CCN([C@H](C(=O)N[C@@H](Cc3ccccc3)[C@H](O)CN(CC(C)C)S(=O)(=O)c3cc(Br)c(Cl)cn3)C(C)C)C2=O)cs1. The van der Waals surface area contributed by atoms with E-state index in [0.717, 1.165) is 16.3 Å². The Morgan fingerprint density at radius 1 is 1.17 bits per heavy atom. The molecule has 1 fully saturated rings. The van der Waals surface area contributed by atoms with Crippen molar-refractivity contribution in [2.45, 2.75) is 70.8 Å². The summed E-state index contributed by atoms with van der Waals surface area (Å²) in [6.07, 6.45) is 0.197. The van der Waals surface area contributed by atoms with Gasteiger partial charge in [0.25, 0.3) is 10.0 Å². The van der Waals surface area contributed by atoms with Gasteiger partial charge in [-0.2, -0.15) is 4.31 Å². The van der Waals surface area contributed by atoms with Crippen LogP contribution in [-0.2, 0) is 27.8 Å². The molecule has 1 aromatic carbocycles. The predicted molar refractivity (Wildman–Crippen MR) is 187 cm³/mol. The van der Waals surface area contributed by atoms with Crippen LogP contribution in [0.4, 0.5) is 4.79 Å². The third kappa shape index (κ3) is 9.51. The van der Waals surface area contributed by atoms with Crippen molar-refractivity contribution in [1.29, 1.82) is 0 Å². The number of nitrogens with zero attached hydrogens (tertiary/aromatic N) is 5. The van der Waals surface area contributed by atoms with Crippen LogP contribution in [0.3, 0.4) is 0 Å². The number of aryl methyl sites for hydroxylation is 1. The number of sulfonamides is 1. The van der Waals surface area contributed by atoms with Crippen LogP contribution in [0.5, 0.6) is 0 Å². The van der Waals surface area contributed by atoms with E-state index in [0.29, 0.717) is 24.1 Å². The molecule has 0 radical (unpaired) electrons. The number of carbonyl (C=O) groups excluding carboxylic acids is 2. The molecule has 0 spiro atoms. The molecule has 3 aromatic rings. The molecular formula is C32H42BrClN6O5S2. The standard InChI is InChI=1S/C32H42BrClN6O5S2/c1-20(2)16-39(47(44,45)29-14-25(33)26(34)15-35-29)18-28(41)27(13-23-9-7-6-8-10-23)37-31(42)30(21(3)4)40-12-11-38(32(40)43)17-24-19-46-22(5)36-24/h6-10,14-15,19-21,27-28,30,41H,11-13,16-18H2,1-5H3,(H,37,42)/t27-,28+,30-/m0/s1. The third-order valence-electron chi connectivity index (χ3n) is 7.82. The van der Waals surface area contributed by atoms with Crippen molar-refractivity contribution in [2.75, 3.05) is 26.2 Å². The van der Waals surface area contributed by atoms with Gasteiger partial charge >= 0.3 is 6.03 Å². The van der Waals surface area contributed by atoms with Gasteiger partial charge in [0.1, 0.15) is 6.04 Å². The third-order valence-corrected chi connectivity index (χ3v) is 11.6. The summed E-state index contributed by atoms with van der Waals surface area (Å²) in [6.45, 7) is 10.4. The molecule has 3 atom stereocenters. The first-order valence-corrected chi connectivity index (χ1v) is 19.0. The molecule has 11 nitrogen and oxygen atoms in total. The molecule has 256 valence electrons. The van der Waals surface area contributed by atoms with E-state index in [1.807, 2.05) is 70.3 Å². The fourth-order valence-corrected chi connectivity index (χ4v) is 8.33. The number of halogens is 2. The molecular weight excluding hydrogens is 728 g/mol. The van der Waals surface area contributed by atoms with Crippen molar-refractivity contribution in [3.63, 3.8) is 0 Å². The molecule has 1 saturated heterocycles. The highest BCUT2D eigenvalue weighted by Crippen LogP contribution is 2.26. The number of carbonyl (C=O) groups is 2. The van der Waals surface area contributed by atoms with Gasteiger partial charge < -0.3 is 20.2 Å². The number of hydrogen-bond acceptors (Lipinski definition) is 8. The highest BCUT2D eigenvalue weighted by atomic mass is 79.9. The minimum atomic E-state index is -4.15. The van der Waals surface area contributed by atoms with E-state index in [9.17, 15) is 23.1 Å². The zero-order valence-corrected chi connectivity index (χ0v) is 31.1. The van der Waals surface area contributed by atoms with Gasteiger partial charge in [0.15, 0.2) is 5.03 Å². The average Bonchev–Trinajstić information content (AvgIpc) is 3.58. The first-order valence-electron chi connectivity index (χ1n) is 15.5. The monoisotopic (exact) mass is 768 g/mol. The number of rotatable bonds is 15. The average molecular weight is 770 g/mol. The summed E-state index contributed by atoms with van der Waals surface area (Å²) in [7, 11) is -4.15. The lowest BCUT2D eigenvalue weighted by Gasteiger charge is -2.34. The fraction of sp³-hybridized carbons (Fsp3) is 0.500. The normalized spacial score (nSPS) is 15.9. The van der Waals surface area contributed by atoms with Crippen LogP contribution in [0, 0.1) is 18.8 Å². The maximum absolute atomic E-state index is 14.0. The Bertz CT molecular complexity index is 1640. The Labute approximate surface area is 294 Å². The van der Waals surface area contributed by atoms with Gasteiger partial charge in [-0.3, -0.25) is 4.79 Å². The molecule has 0 saturated carbocycles. The second kappa shape index (κ2) is 16.2. The Morgan fingerprint density at radius 2 is 1.87 bits per heavy atom. The summed E-state index contributed by atoms with van der Waals surface area (Å²) in [5, 5.41) is 17.6. The van der Waals surface area contributed by atoms with Crippen LogP contribution in [0.1, 0.15) is 44.0 Å². The summed E-state index contributed by atoms with van der Waals surface area (Å²) in [5.74, 6) is -0.721. The van der Waals surface area contributed by atoms with E-state index in [2.05, 4.69) is 31.2 Å². The molecule has 1 aliphatic heterocycles. The Morgan fingerprint density at radius 3 is 2.47 bits per heavy atom. The summed E-state index contributed by atoms with van der Waals surface area (Å²) < 4.78 is 29.1. The highest BCUT2D eigenvalue weighted by Gasteiger charge is 2.40. The molecule has 3 amide bonds. The van der Waals surface area contributed by atoms with E-state index in [-0.39, 0.29) is 47.4 Å². The molecule has 3 heterocycles. The number of nitrogens with one attached hydrogen (secondary N) is 1. The second-order valence-electron chi connectivity index (χ2n) is 12.5. The molecule has 47 heavy (non-hydrogen) atoms. The van der Waals surface area contributed by atoms with Crippen molar-refractivity contribution >= 4 is 60.8 Å². The number of hydrogen-bond donors (Lipinski definition) is 2. The van der Waals surface area contributed by atoms with Gasteiger partial charge in [-0.15, -0.1) is 11.3 Å². The molecule has 2 aromatic heterocycles. The van der Waals surface area contributed by atoms with Crippen molar-refractivity contribution in [2.24, 2.45) is 11.8 Å². The van der Waals surface area contributed by atoms with E-state index in [4.69, 9.17) is 11.6 Å². The molecule has 15 heteroatoms. The molecule has 0 aliphatic carbocycles. The maximum Gasteiger partial charge on any atom is 0.321 e. The van der Waals surface area contributed by atoms with Crippen LogP contribution in [0.15, 0.2) is 57.5 Å². The lowest BCUT2D eigenvalue weighted by molar-refractivity contribution is -0.128. The lowest BCUT2D eigenvalue weighted by Crippen LogP contribution is -2.57. The van der Waals surface area contributed by atoms with E-state index in [1.54, 1.807) is 9.80 Å². The Balaban J connectivity index is 1.58. The smallest absolute Gasteiger partial charge is 0.321 e. The maximum atomic E-state index is 14.0. The Kier molecular flexibility index (Phi) is 12.8. The topological polar surface area (TPSA) is 136 Å². The van der Waals surface area contributed by atoms with Gasteiger partial charge in [0.05, 0.1) is 34.4 Å². The molecule has 0 bridgehead atoms. The predicted octanol–water partition coefficient (Wildman–Crippen LogP) is 4.96. The molecule has 2 N–H and O–H groups in total. The van der Waals surface area contributed by atoms with Crippen molar-refractivity contribution in [1.82, 2.24) is 29.4 Å². The van der Waals surface area contributed by atoms with Gasteiger partial charge in [-0.1, -0.05) is 69.6 Å². The summed E-state index contributed by atoms with van der Waals surface area (Å²) in [6, 6.07) is 8.76. The van der Waals surface area contributed by atoms with Crippen LogP contribution in [0.25, 0.3) is 0 Å². The van der Waals surface area contributed by atoms with Crippen molar-refractivity contribution in [3.8, 4) is 0 Å². The number of thiazole rings is 1. The van der Waals surface area contributed by atoms with Crippen LogP contribution in [-0.4, -0.2) is 93.9 Å². The lowest BCUT2D eigenvalue weighted by atomic mass is 9.97. The van der Waals surface area contributed by atoms with Crippen LogP contribution >= 0.6 is 38.9 Å².